The van der Waals surface area contributed by atoms with E-state index in [0.29, 0.717) is 28.3 Å². The van der Waals surface area contributed by atoms with Gasteiger partial charge in [-0.15, -0.1) is 16.4 Å². The topological polar surface area (TPSA) is 90.1 Å². The molecule has 170 valence electrons. The number of thiocarbonyl (C=S) groups is 1. The fourth-order valence-corrected chi connectivity index (χ4v) is 5.22. The molecule has 0 bridgehead atoms. The summed E-state index contributed by atoms with van der Waals surface area (Å²) in [6.45, 7) is 2.20. The molecule has 4 aromatic rings. The van der Waals surface area contributed by atoms with Crippen LogP contribution >= 0.6 is 23.6 Å². The third kappa shape index (κ3) is 4.33. The number of nitrogens with zero attached hydrogens (tertiary/aromatic N) is 6. The minimum atomic E-state index is -0.360. The lowest BCUT2D eigenvalue weighted by Gasteiger charge is -2.33. The van der Waals surface area contributed by atoms with Crippen LogP contribution in [0.3, 0.4) is 0 Å². The number of likely N-dealkylation sites (tertiary alicyclic amines) is 1. The maximum Gasteiger partial charge on any atom is 0.350 e. The molecule has 1 aliphatic heterocycles. The first-order chi connectivity index (χ1) is 16.1. The number of methoxy groups -OCH3 is 1. The van der Waals surface area contributed by atoms with Crippen LogP contribution in [0.4, 0.5) is 5.69 Å². The van der Waals surface area contributed by atoms with Gasteiger partial charge in [-0.3, -0.25) is 0 Å². The summed E-state index contributed by atoms with van der Waals surface area (Å²) in [4.78, 5) is 19.2. The minimum absolute atomic E-state index is 0.334. The van der Waals surface area contributed by atoms with E-state index < -0.39 is 0 Å². The number of fused-ring (bicyclic) bond motifs is 1. The third-order valence-corrected chi connectivity index (χ3v) is 7.13. The largest absolute Gasteiger partial charge is 0.465 e. The molecular weight excluding hydrogens is 458 g/mol. The summed E-state index contributed by atoms with van der Waals surface area (Å²) in [5.74, 6) is 1.03. The molecule has 9 nitrogen and oxygen atoms in total. The Kier molecular flexibility index (Phi) is 6.05. The molecule has 33 heavy (non-hydrogen) atoms. The van der Waals surface area contributed by atoms with Crippen molar-refractivity contribution in [2.24, 2.45) is 0 Å². The van der Waals surface area contributed by atoms with Crippen molar-refractivity contribution in [3.8, 4) is 0 Å². The van der Waals surface area contributed by atoms with Gasteiger partial charge in [0.15, 0.2) is 5.11 Å². The van der Waals surface area contributed by atoms with Gasteiger partial charge >= 0.3 is 5.97 Å². The van der Waals surface area contributed by atoms with Gasteiger partial charge in [-0.25, -0.2) is 14.5 Å². The fraction of sp³-hybridized carbons (Fsp3) is 0.318. The molecule has 0 unspecified atom stereocenters. The van der Waals surface area contributed by atoms with E-state index in [1.807, 2.05) is 52.8 Å². The van der Waals surface area contributed by atoms with Crippen molar-refractivity contribution in [1.29, 1.82) is 0 Å². The Labute approximate surface area is 200 Å². The molecule has 1 fully saturated rings. The predicted octanol–water partition coefficient (Wildman–Crippen LogP) is 3.56. The lowest BCUT2D eigenvalue weighted by Crippen LogP contribution is -2.41. The number of para-hydroxylation sites is 1. The number of hydrogen-bond acceptors (Lipinski definition) is 7. The monoisotopic (exact) mass is 481 g/mol. The summed E-state index contributed by atoms with van der Waals surface area (Å²) < 4.78 is 8.89. The number of hydrogen-bond donors (Lipinski definition) is 1. The first-order valence-corrected chi connectivity index (χ1v) is 11.9. The van der Waals surface area contributed by atoms with Gasteiger partial charge in [0.1, 0.15) is 22.9 Å². The zero-order valence-electron chi connectivity index (χ0n) is 18.0. The molecule has 1 saturated heterocycles. The van der Waals surface area contributed by atoms with E-state index in [0.717, 1.165) is 42.8 Å². The van der Waals surface area contributed by atoms with Crippen LogP contribution in [0.1, 0.15) is 34.3 Å². The number of nitrogens with one attached hydrogen (secondary N) is 1. The van der Waals surface area contributed by atoms with Crippen molar-refractivity contribution in [2.75, 3.05) is 25.5 Å². The van der Waals surface area contributed by atoms with E-state index in [-0.39, 0.29) is 5.97 Å². The van der Waals surface area contributed by atoms with Crippen molar-refractivity contribution in [3.63, 3.8) is 0 Å². The van der Waals surface area contributed by atoms with Crippen LogP contribution in [-0.2, 0) is 11.4 Å². The second-order valence-corrected chi connectivity index (χ2v) is 9.12. The van der Waals surface area contributed by atoms with Gasteiger partial charge < -0.3 is 19.5 Å². The number of esters is 1. The maximum atomic E-state index is 11.9. The molecule has 1 aromatic carbocycles. The highest BCUT2D eigenvalue weighted by molar-refractivity contribution is 7.80. The van der Waals surface area contributed by atoms with Gasteiger partial charge in [-0.05, 0) is 48.6 Å². The van der Waals surface area contributed by atoms with Gasteiger partial charge in [-0.2, -0.15) is 0 Å². The Balaban J connectivity index is 1.22. The number of anilines is 1. The van der Waals surface area contributed by atoms with Crippen LogP contribution < -0.4 is 5.32 Å². The quantitative estimate of drug-likeness (QED) is 0.342. The number of aromatic nitrogens is 5. The van der Waals surface area contributed by atoms with E-state index in [2.05, 4.69) is 30.1 Å². The number of piperidine rings is 1. The zero-order valence-corrected chi connectivity index (χ0v) is 19.7. The SMILES string of the molecule is COC(=O)c1sccc1NC(=S)N1CCC(c2nccn2Cn2nnc3ccccc32)CC1. The lowest BCUT2D eigenvalue weighted by atomic mass is 9.96. The maximum absolute atomic E-state index is 11.9. The normalized spacial score (nSPS) is 14.5. The molecule has 1 N–H and O–H groups in total. The number of thiophene rings is 1. The fourth-order valence-electron chi connectivity index (χ4n) is 4.16. The molecule has 0 saturated carbocycles. The number of carbonyl (C=O) groups excluding carboxylic acids is 1. The van der Waals surface area contributed by atoms with Crippen LogP contribution in [0.15, 0.2) is 48.1 Å². The zero-order chi connectivity index (χ0) is 22.8. The van der Waals surface area contributed by atoms with E-state index in [1.54, 1.807) is 0 Å². The highest BCUT2D eigenvalue weighted by Crippen LogP contribution is 2.29. The van der Waals surface area contributed by atoms with Crippen LogP contribution in [0.2, 0.25) is 0 Å². The van der Waals surface area contributed by atoms with Crippen molar-refractivity contribution in [3.05, 3.63) is 58.8 Å². The molecule has 4 heterocycles. The van der Waals surface area contributed by atoms with E-state index in [9.17, 15) is 4.79 Å². The molecule has 11 heteroatoms. The Morgan fingerprint density at radius 3 is 2.91 bits per heavy atom. The van der Waals surface area contributed by atoms with Crippen LogP contribution in [0.5, 0.6) is 0 Å². The van der Waals surface area contributed by atoms with Gasteiger partial charge in [0.25, 0.3) is 0 Å². The van der Waals surface area contributed by atoms with Crippen molar-refractivity contribution < 1.29 is 9.53 Å². The van der Waals surface area contributed by atoms with E-state index in [1.165, 1.54) is 18.4 Å². The van der Waals surface area contributed by atoms with Gasteiger partial charge in [0, 0.05) is 31.4 Å². The number of imidazole rings is 1. The molecule has 0 spiro atoms. The Hall–Kier alpha value is -3.31. The van der Waals surface area contributed by atoms with Crippen molar-refractivity contribution in [1.82, 2.24) is 29.4 Å². The minimum Gasteiger partial charge on any atom is -0.465 e. The molecule has 3 aromatic heterocycles. The molecule has 1 aliphatic rings. The van der Waals surface area contributed by atoms with Crippen LogP contribution in [0.25, 0.3) is 11.0 Å². The number of carbonyl (C=O) groups is 1. The smallest absolute Gasteiger partial charge is 0.350 e. The van der Waals surface area contributed by atoms with Gasteiger partial charge in [-0.1, -0.05) is 17.3 Å². The Bertz CT molecular complexity index is 1290. The summed E-state index contributed by atoms with van der Waals surface area (Å²) in [5.41, 5.74) is 2.58. The molecule has 0 radical (unpaired) electrons. The Morgan fingerprint density at radius 1 is 1.27 bits per heavy atom. The molecule has 0 aliphatic carbocycles. The summed E-state index contributed by atoms with van der Waals surface area (Å²) >= 11 is 6.95. The highest BCUT2D eigenvalue weighted by atomic mass is 32.1. The lowest BCUT2D eigenvalue weighted by molar-refractivity contribution is 0.0607. The first kappa shape index (κ1) is 21.5. The predicted molar refractivity (Wildman–Crippen MR) is 131 cm³/mol. The van der Waals surface area contributed by atoms with Gasteiger partial charge in [0.05, 0.1) is 18.3 Å². The number of ether oxygens (including phenoxy) is 1. The van der Waals surface area contributed by atoms with Crippen molar-refractivity contribution in [2.45, 2.75) is 25.4 Å². The average Bonchev–Trinajstić information content (AvgIpc) is 3.59. The standard InChI is InChI=1S/C22H23N7O2S2/c1-31-21(30)19-17(8-13-33-19)24-22(32)27-10-6-15(7-11-27)20-23-9-12-28(20)14-29-18-5-3-2-4-16(18)25-26-29/h2-5,8-9,12-13,15H,6-7,10-11,14H2,1H3,(H,24,32). The van der Waals surface area contributed by atoms with Crippen molar-refractivity contribution >= 4 is 51.4 Å². The molecule has 5 rings (SSSR count). The van der Waals surface area contributed by atoms with E-state index in [4.69, 9.17) is 17.0 Å². The summed E-state index contributed by atoms with van der Waals surface area (Å²) in [6.07, 6.45) is 5.71. The Morgan fingerprint density at radius 2 is 2.09 bits per heavy atom. The number of benzene rings is 1. The van der Waals surface area contributed by atoms with Crippen LogP contribution in [-0.4, -0.2) is 60.7 Å². The molecule has 0 amide bonds. The average molecular weight is 482 g/mol. The highest BCUT2D eigenvalue weighted by Gasteiger charge is 2.26. The van der Waals surface area contributed by atoms with Crippen LogP contribution in [0, 0.1) is 0 Å². The first-order valence-electron chi connectivity index (χ1n) is 10.6. The number of rotatable bonds is 5. The van der Waals surface area contributed by atoms with E-state index >= 15 is 0 Å². The summed E-state index contributed by atoms with van der Waals surface area (Å²) in [5, 5.41) is 14.2. The summed E-state index contributed by atoms with van der Waals surface area (Å²) in [6, 6.07) is 9.79. The molecule has 0 atom stereocenters. The second kappa shape index (κ2) is 9.28. The second-order valence-electron chi connectivity index (χ2n) is 7.82. The van der Waals surface area contributed by atoms with Gasteiger partial charge in [0.2, 0.25) is 0 Å². The summed E-state index contributed by atoms with van der Waals surface area (Å²) in [7, 11) is 1.38. The molecular formula is C22H23N7O2S2. The third-order valence-electron chi connectivity index (χ3n) is 5.88.